The van der Waals surface area contributed by atoms with Crippen molar-refractivity contribution in [2.45, 2.75) is 32.7 Å². The molecule has 8 nitrogen and oxygen atoms in total. The van der Waals surface area contributed by atoms with Crippen molar-refractivity contribution in [1.29, 1.82) is 0 Å². The van der Waals surface area contributed by atoms with Crippen LogP contribution in [0.15, 0.2) is 41.3 Å². The summed E-state index contributed by atoms with van der Waals surface area (Å²) in [6, 6.07) is 8.52. The molecular weight excluding hydrogens is 461 g/mol. The molecule has 0 radical (unpaired) electrons. The molecule has 1 aromatic heterocycles. The molecule has 0 spiro atoms. The van der Waals surface area contributed by atoms with E-state index < -0.39 is 17.2 Å². The van der Waals surface area contributed by atoms with Crippen LogP contribution < -0.4 is 26.1 Å². The van der Waals surface area contributed by atoms with Gasteiger partial charge >= 0.3 is 0 Å². The van der Waals surface area contributed by atoms with Crippen molar-refractivity contribution in [3.8, 4) is 17.2 Å². The van der Waals surface area contributed by atoms with Crippen LogP contribution in [0.1, 0.15) is 37.0 Å². The van der Waals surface area contributed by atoms with Crippen molar-refractivity contribution in [1.82, 2.24) is 14.8 Å². The number of aromatic nitrogens is 1. The van der Waals surface area contributed by atoms with Crippen molar-refractivity contribution in [2.75, 3.05) is 44.2 Å². The second-order valence-electron chi connectivity index (χ2n) is 9.54. The molecule has 1 amide bonds. The predicted molar refractivity (Wildman–Crippen MR) is 139 cm³/mol. The summed E-state index contributed by atoms with van der Waals surface area (Å²) in [4.78, 5) is 30.7. The van der Waals surface area contributed by atoms with E-state index >= 15 is 4.39 Å². The van der Waals surface area contributed by atoms with Gasteiger partial charge in [0.05, 0.1) is 11.1 Å². The van der Waals surface area contributed by atoms with Gasteiger partial charge in [0.15, 0.2) is 17.3 Å². The second-order valence-corrected chi connectivity index (χ2v) is 9.54. The molecule has 4 heterocycles. The fourth-order valence-corrected chi connectivity index (χ4v) is 5.43. The zero-order valence-electron chi connectivity index (χ0n) is 19.4. The summed E-state index contributed by atoms with van der Waals surface area (Å²) in [5.74, 6) is -0.205. The molecule has 0 saturated carbocycles. The summed E-state index contributed by atoms with van der Waals surface area (Å²) < 4.78 is 23.5. The average molecular weight is 494 g/mol. The van der Waals surface area contributed by atoms with Gasteiger partial charge in [-0.3, -0.25) is 9.59 Å². The summed E-state index contributed by atoms with van der Waals surface area (Å²) in [6.45, 7) is 4.35. The first kappa shape index (κ1) is 24.3. The van der Waals surface area contributed by atoms with E-state index in [-0.39, 0.29) is 30.2 Å². The van der Waals surface area contributed by atoms with Gasteiger partial charge in [-0.25, -0.2) is 4.39 Å². The number of carbonyl (C=O) groups is 1. The molecule has 9 heteroatoms. The van der Waals surface area contributed by atoms with Gasteiger partial charge in [0, 0.05) is 38.4 Å². The van der Waals surface area contributed by atoms with Gasteiger partial charge in [-0.05, 0) is 50.6 Å². The van der Waals surface area contributed by atoms with Crippen LogP contribution in [0.5, 0.6) is 11.5 Å². The molecule has 1 atom stereocenters. The smallest absolute Gasteiger partial charge is 0.256 e. The molecule has 2 saturated heterocycles. The van der Waals surface area contributed by atoms with Crippen molar-refractivity contribution in [3.63, 3.8) is 0 Å². The molecule has 190 valence electrons. The van der Waals surface area contributed by atoms with Gasteiger partial charge in [0.25, 0.3) is 5.91 Å². The van der Waals surface area contributed by atoms with Gasteiger partial charge in [-0.15, -0.1) is 0 Å². The van der Waals surface area contributed by atoms with Crippen LogP contribution in [0.3, 0.4) is 0 Å². The van der Waals surface area contributed by atoms with E-state index in [0.717, 1.165) is 26.1 Å². The van der Waals surface area contributed by atoms with Crippen LogP contribution in [0.25, 0.3) is 16.6 Å². The highest BCUT2D eigenvalue weighted by Gasteiger charge is 2.32. The Morgan fingerprint density at radius 2 is 1.97 bits per heavy atom. The van der Waals surface area contributed by atoms with E-state index in [2.05, 4.69) is 10.2 Å². The average Bonchev–Trinajstić information content (AvgIpc) is 3.52. The number of hydrogen-bond acceptors (Lipinski definition) is 6. The minimum atomic E-state index is -0.559. The maximum atomic E-state index is 15.5. The number of rotatable bonds is 5. The third-order valence-corrected chi connectivity index (χ3v) is 7.21. The Bertz CT molecular complexity index is 1380. The van der Waals surface area contributed by atoms with Crippen LogP contribution in [0.4, 0.5) is 10.1 Å². The molecule has 0 aliphatic carbocycles. The van der Waals surface area contributed by atoms with Crippen molar-refractivity contribution in [2.24, 2.45) is 5.73 Å². The summed E-state index contributed by atoms with van der Waals surface area (Å²) in [7, 11) is 0. The van der Waals surface area contributed by atoms with E-state index in [1.54, 1.807) is 16.8 Å². The lowest BCUT2D eigenvalue weighted by Gasteiger charge is -2.29. The van der Waals surface area contributed by atoms with Crippen LogP contribution in [-0.2, 0) is 0 Å². The molecule has 0 bridgehead atoms. The van der Waals surface area contributed by atoms with Gasteiger partial charge in [0.1, 0.15) is 16.8 Å². The highest BCUT2D eigenvalue weighted by molar-refractivity contribution is 6.01. The van der Waals surface area contributed by atoms with Gasteiger partial charge in [-0.2, -0.15) is 0 Å². The van der Waals surface area contributed by atoms with Gasteiger partial charge in [-0.1, -0.05) is 19.6 Å². The maximum Gasteiger partial charge on any atom is 0.256 e. The third-order valence-electron chi connectivity index (χ3n) is 7.21. The standard InChI is InChI=1S/C26H28FN5O3.CH4/c27-19-13-17-22-25(23(19)31-11-7-16(28)14-31)35-21-6-2-1-5-20(21)32(22)15-18(24(17)33)26(34)29-8-12-30-9-3-4-10-30;/h1-2,5-6,13,15-16H,3-4,7-12,14,28H2,(H,29,34);1H4/t16-;/m1./s1. The lowest BCUT2D eigenvalue weighted by atomic mass is 10.1. The van der Waals surface area contributed by atoms with Gasteiger partial charge in [0.2, 0.25) is 5.43 Å². The fourth-order valence-electron chi connectivity index (χ4n) is 5.43. The van der Waals surface area contributed by atoms with E-state index in [4.69, 9.17) is 10.5 Å². The predicted octanol–water partition coefficient (Wildman–Crippen LogP) is 3.23. The topological polar surface area (TPSA) is 92.8 Å². The number of carbonyl (C=O) groups excluding carboxylic acids is 1. The van der Waals surface area contributed by atoms with Crippen LogP contribution >= 0.6 is 0 Å². The fraction of sp³-hybridized carbons (Fsp3) is 0.407. The molecule has 0 unspecified atom stereocenters. The summed E-state index contributed by atoms with van der Waals surface area (Å²) in [5.41, 5.74) is 7.00. The summed E-state index contributed by atoms with van der Waals surface area (Å²) in [6.07, 6.45) is 4.64. The van der Waals surface area contributed by atoms with Crippen LogP contribution in [-0.4, -0.2) is 60.7 Å². The number of nitrogens with zero attached hydrogens (tertiary/aromatic N) is 3. The molecule has 2 aromatic carbocycles. The van der Waals surface area contributed by atoms with Crippen molar-refractivity contribution in [3.05, 3.63) is 58.1 Å². The number of halogens is 1. The molecule has 6 rings (SSSR count). The number of hydrogen-bond donors (Lipinski definition) is 2. The maximum absolute atomic E-state index is 15.5. The summed E-state index contributed by atoms with van der Waals surface area (Å²) >= 11 is 0. The Labute approximate surface area is 209 Å². The Morgan fingerprint density at radius 3 is 2.72 bits per heavy atom. The number of nitrogens with one attached hydrogen (secondary N) is 1. The minimum Gasteiger partial charge on any atom is -0.451 e. The first-order valence-corrected chi connectivity index (χ1v) is 12.2. The van der Waals surface area contributed by atoms with Gasteiger partial charge < -0.3 is 30.2 Å². The third kappa shape index (κ3) is 4.02. The number of pyridine rings is 1. The molecule has 36 heavy (non-hydrogen) atoms. The zero-order chi connectivity index (χ0) is 24.1. The van der Waals surface area contributed by atoms with Crippen molar-refractivity contribution >= 4 is 22.5 Å². The quantitative estimate of drug-likeness (QED) is 0.444. The normalized spacial score (nSPS) is 18.6. The van der Waals surface area contributed by atoms with Crippen LogP contribution in [0.2, 0.25) is 0 Å². The molecule has 3 aromatic rings. The Balaban J connectivity index is 0.00000267. The summed E-state index contributed by atoms with van der Waals surface area (Å²) in [5, 5.41) is 2.99. The first-order valence-electron chi connectivity index (χ1n) is 12.2. The van der Waals surface area contributed by atoms with E-state index in [0.29, 0.717) is 42.3 Å². The number of benzene rings is 2. The highest BCUT2D eigenvalue weighted by atomic mass is 19.1. The molecular formula is C27H32FN5O3. The van der Waals surface area contributed by atoms with Crippen LogP contribution in [0, 0.1) is 5.82 Å². The van der Waals surface area contributed by atoms with Crippen molar-refractivity contribution < 1.29 is 13.9 Å². The van der Waals surface area contributed by atoms with E-state index in [1.165, 1.54) is 18.9 Å². The van der Waals surface area contributed by atoms with E-state index in [9.17, 15) is 9.59 Å². The molecule has 3 aliphatic rings. The molecule has 2 fully saturated rings. The number of para-hydroxylation sites is 2. The SMILES string of the molecule is C.N[C@@H]1CCN(c2c(F)cc3c(=O)c(C(=O)NCCN4CCCC4)cn4c3c2Oc2ccccc2-4)C1. The second kappa shape index (κ2) is 9.55. The van der Waals surface area contributed by atoms with E-state index in [1.807, 2.05) is 23.1 Å². The number of ether oxygens (including phenoxy) is 1. The Kier molecular flexibility index (Phi) is 6.44. The number of fused-ring (bicyclic) bond motifs is 2. The zero-order valence-corrected chi connectivity index (χ0v) is 19.4. The number of amides is 1. The lowest BCUT2D eigenvalue weighted by Crippen LogP contribution is -2.36. The monoisotopic (exact) mass is 493 g/mol. The highest BCUT2D eigenvalue weighted by Crippen LogP contribution is 2.46. The minimum absolute atomic E-state index is 0. The number of anilines is 1. The lowest BCUT2D eigenvalue weighted by molar-refractivity contribution is 0.0948. The molecule has 3 aliphatic heterocycles. The number of nitrogens with two attached hydrogens (primary N) is 1. The largest absolute Gasteiger partial charge is 0.451 e. The molecule has 3 N–H and O–H groups in total. The Morgan fingerprint density at radius 1 is 1.19 bits per heavy atom. The first-order chi connectivity index (χ1) is 17.0. The number of likely N-dealkylation sites (tertiary alicyclic amines) is 1. The Hall–Kier alpha value is -3.43.